The SMILES string of the molecule is NCCn1c2cccc(=O)c-2cc2ccccc21. The van der Waals surface area contributed by atoms with Crippen molar-refractivity contribution in [3.05, 3.63) is 58.8 Å². The molecule has 0 saturated heterocycles. The van der Waals surface area contributed by atoms with Crippen LogP contribution in [0.25, 0.3) is 22.2 Å². The Morgan fingerprint density at radius 2 is 1.89 bits per heavy atom. The van der Waals surface area contributed by atoms with Gasteiger partial charge in [-0.15, -0.1) is 0 Å². The van der Waals surface area contributed by atoms with E-state index in [0.717, 1.165) is 22.2 Å². The van der Waals surface area contributed by atoms with Crippen molar-refractivity contribution < 1.29 is 0 Å². The number of nitrogens with zero attached hydrogens (tertiary/aromatic N) is 1. The van der Waals surface area contributed by atoms with Gasteiger partial charge in [0.25, 0.3) is 0 Å². The fourth-order valence-corrected chi connectivity index (χ4v) is 2.42. The summed E-state index contributed by atoms with van der Waals surface area (Å²) in [5.41, 5.74) is 8.56. The summed E-state index contributed by atoms with van der Waals surface area (Å²) in [5.74, 6) is 0. The van der Waals surface area contributed by atoms with Gasteiger partial charge in [-0.1, -0.05) is 24.3 Å². The molecule has 0 amide bonds. The maximum Gasteiger partial charge on any atom is 0.187 e. The van der Waals surface area contributed by atoms with Crippen molar-refractivity contribution in [1.82, 2.24) is 4.57 Å². The number of aromatic nitrogens is 1. The first-order chi connectivity index (χ1) is 8.81. The standard InChI is InChI=1S/C15H14N2O/c16-8-9-17-13-5-2-1-4-11(13)10-12-14(17)6-3-7-15(12)18/h1-7,10H,8-9,16H2. The Morgan fingerprint density at radius 3 is 2.72 bits per heavy atom. The molecule has 1 aromatic rings. The van der Waals surface area contributed by atoms with Gasteiger partial charge in [-0.3, -0.25) is 4.79 Å². The van der Waals surface area contributed by atoms with Gasteiger partial charge in [0, 0.05) is 24.2 Å². The number of hydrogen-bond acceptors (Lipinski definition) is 2. The maximum atomic E-state index is 11.9. The monoisotopic (exact) mass is 238 g/mol. The Labute approximate surface area is 105 Å². The molecule has 0 unspecified atom stereocenters. The van der Waals surface area contributed by atoms with Crippen LogP contribution in [-0.4, -0.2) is 11.1 Å². The summed E-state index contributed by atoms with van der Waals surface area (Å²) in [6.45, 7) is 1.26. The summed E-state index contributed by atoms with van der Waals surface area (Å²) in [7, 11) is 0. The van der Waals surface area contributed by atoms with Gasteiger partial charge in [0.05, 0.1) is 5.69 Å². The van der Waals surface area contributed by atoms with Crippen LogP contribution in [0.15, 0.2) is 53.3 Å². The highest BCUT2D eigenvalue weighted by Gasteiger charge is 2.11. The maximum absolute atomic E-state index is 11.9. The second kappa shape index (κ2) is 4.27. The van der Waals surface area contributed by atoms with E-state index in [0.29, 0.717) is 13.1 Å². The lowest BCUT2D eigenvalue weighted by molar-refractivity contribution is 0.735. The molecule has 1 aliphatic carbocycles. The largest absolute Gasteiger partial charge is 0.339 e. The predicted octanol–water partition coefficient (Wildman–Crippen LogP) is 2.06. The molecule has 0 fully saturated rings. The van der Waals surface area contributed by atoms with Crippen LogP contribution in [0.1, 0.15) is 0 Å². The van der Waals surface area contributed by atoms with E-state index in [4.69, 9.17) is 5.73 Å². The number of pyridine rings is 1. The molecule has 3 nitrogen and oxygen atoms in total. The summed E-state index contributed by atoms with van der Waals surface area (Å²) >= 11 is 0. The Balaban J connectivity index is 2.49. The van der Waals surface area contributed by atoms with E-state index in [1.807, 2.05) is 30.3 Å². The van der Waals surface area contributed by atoms with Crippen LogP contribution in [0.2, 0.25) is 0 Å². The molecule has 2 N–H and O–H groups in total. The van der Waals surface area contributed by atoms with Gasteiger partial charge in [-0.05, 0) is 29.7 Å². The summed E-state index contributed by atoms with van der Waals surface area (Å²) in [4.78, 5) is 11.9. The quantitative estimate of drug-likeness (QED) is 0.695. The number of benzene rings is 2. The molecular formula is C15H14N2O. The van der Waals surface area contributed by atoms with E-state index in [-0.39, 0.29) is 5.43 Å². The van der Waals surface area contributed by atoms with Crippen LogP contribution in [0.5, 0.6) is 0 Å². The minimum Gasteiger partial charge on any atom is -0.339 e. The van der Waals surface area contributed by atoms with Gasteiger partial charge in [-0.25, -0.2) is 0 Å². The zero-order chi connectivity index (χ0) is 12.5. The first kappa shape index (κ1) is 11.0. The summed E-state index contributed by atoms with van der Waals surface area (Å²) < 4.78 is 2.12. The van der Waals surface area contributed by atoms with Gasteiger partial charge in [0.1, 0.15) is 0 Å². The Hall–Kier alpha value is -2.13. The van der Waals surface area contributed by atoms with E-state index in [2.05, 4.69) is 10.6 Å². The van der Waals surface area contributed by atoms with Crippen molar-refractivity contribution in [3.8, 4) is 11.3 Å². The normalized spacial score (nSPS) is 11.2. The smallest absolute Gasteiger partial charge is 0.187 e. The van der Waals surface area contributed by atoms with Gasteiger partial charge in [0.15, 0.2) is 5.43 Å². The van der Waals surface area contributed by atoms with Crippen LogP contribution < -0.4 is 11.2 Å². The summed E-state index contributed by atoms with van der Waals surface area (Å²) in [5, 5.41) is 1.07. The Morgan fingerprint density at radius 1 is 1.06 bits per heavy atom. The molecule has 2 aliphatic rings. The molecule has 0 atom stereocenters. The van der Waals surface area contributed by atoms with E-state index < -0.39 is 0 Å². The van der Waals surface area contributed by atoms with E-state index in [1.54, 1.807) is 12.1 Å². The number of nitrogens with two attached hydrogens (primary N) is 1. The highest BCUT2D eigenvalue weighted by Crippen LogP contribution is 2.25. The molecule has 18 heavy (non-hydrogen) atoms. The molecule has 1 heterocycles. The van der Waals surface area contributed by atoms with E-state index in [1.165, 1.54) is 0 Å². The molecule has 0 saturated carbocycles. The van der Waals surface area contributed by atoms with Crippen molar-refractivity contribution >= 4 is 10.9 Å². The molecule has 0 radical (unpaired) electrons. The average Bonchev–Trinajstić information content (AvgIpc) is 2.40. The van der Waals surface area contributed by atoms with Crippen molar-refractivity contribution in [2.75, 3.05) is 6.54 Å². The summed E-state index contributed by atoms with van der Waals surface area (Å²) in [6.07, 6.45) is 0. The lowest BCUT2D eigenvalue weighted by Gasteiger charge is -2.18. The molecule has 1 aromatic carbocycles. The van der Waals surface area contributed by atoms with Crippen LogP contribution >= 0.6 is 0 Å². The fraction of sp³-hybridized carbons (Fsp3) is 0.133. The third-order valence-electron chi connectivity index (χ3n) is 3.21. The minimum atomic E-state index is 0.0593. The molecular weight excluding hydrogens is 224 g/mol. The van der Waals surface area contributed by atoms with Crippen LogP contribution in [0, 0.1) is 0 Å². The fourth-order valence-electron chi connectivity index (χ4n) is 2.42. The molecule has 1 aliphatic heterocycles. The molecule has 0 bridgehead atoms. The van der Waals surface area contributed by atoms with Crippen molar-refractivity contribution in [3.63, 3.8) is 0 Å². The van der Waals surface area contributed by atoms with Gasteiger partial charge in [-0.2, -0.15) is 0 Å². The highest BCUT2D eigenvalue weighted by molar-refractivity contribution is 5.86. The first-order valence-electron chi connectivity index (χ1n) is 6.02. The van der Waals surface area contributed by atoms with Crippen molar-refractivity contribution in [2.24, 2.45) is 5.73 Å². The Kier molecular flexibility index (Phi) is 2.61. The average molecular weight is 238 g/mol. The molecule has 3 rings (SSSR count). The number of fused-ring (bicyclic) bond motifs is 2. The van der Waals surface area contributed by atoms with Gasteiger partial charge in [0.2, 0.25) is 0 Å². The Bertz CT molecular complexity index is 730. The minimum absolute atomic E-state index is 0.0593. The van der Waals surface area contributed by atoms with E-state index in [9.17, 15) is 4.79 Å². The topological polar surface area (TPSA) is 48.0 Å². The summed E-state index contributed by atoms with van der Waals surface area (Å²) in [6, 6.07) is 15.4. The first-order valence-corrected chi connectivity index (χ1v) is 6.02. The lowest BCUT2D eigenvalue weighted by atomic mass is 10.0. The second-order valence-electron chi connectivity index (χ2n) is 4.33. The number of hydrogen-bond donors (Lipinski definition) is 1. The second-order valence-corrected chi connectivity index (χ2v) is 4.33. The molecule has 0 aromatic heterocycles. The van der Waals surface area contributed by atoms with Crippen LogP contribution in [0.3, 0.4) is 0 Å². The lowest BCUT2D eigenvalue weighted by Crippen LogP contribution is -2.16. The number of para-hydroxylation sites is 1. The third kappa shape index (κ3) is 1.60. The molecule has 90 valence electrons. The highest BCUT2D eigenvalue weighted by atomic mass is 16.1. The van der Waals surface area contributed by atoms with Gasteiger partial charge < -0.3 is 10.3 Å². The van der Waals surface area contributed by atoms with Crippen LogP contribution in [-0.2, 0) is 6.54 Å². The molecule has 3 heteroatoms. The number of rotatable bonds is 2. The zero-order valence-electron chi connectivity index (χ0n) is 9.97. The van der Waals surface area contributed by atoms with Crippen molar-refractivity contribution in [1.29, 1.82) is 0 Å². The third-order valence-corrected chi connectivity index (χ3v) is 3.21. The predicted molar refractivity (Wildman–Crippen MR) is 73.9 cm³/mol. The van der Waals surface area contributed by atoms with Gasteiger partial charge >= 0.3 is 0 Å². The van der Waals surface area contributed by atoms with Crippen LogP contribution in [0.4, 0.5) is 0 Å². The van der Waals surface area contributed by atoms with Crippen molar-refractivity contribution in [2.45, 2.75) is 6.54 Å². The van der Waals surface area contributed by atoms with E-state index >= 15 is 0 Å². The zero-order valence-corrected chi connectivity index (χ0v) is 9.97. The molecule has 0 spiro atoms.